The van der Waals surface area contributed by atoms with Gasteiger partial charge in [-0.2, -0.15) is 0 Å². The van der Waals surface area contributed by atoms with Crippen molar-refractivity contribution in [1.29, 1.82) is 0 Å². The Bertz CT molecular complexity index is 437. The van der Waals surface area contributed by atoms with E-state index in [1.165, 1.54) is 6.92 Å². The first kappa shape index (κ1) is 15.9. The van der Waals surface area contributed by atoms with Gasteiger partial charge in [-0.25, -0.2) is 0 Å². The molecule has 0 heterocycles. The highest BCUT2D eigenvalue weighted by molar-refractivity contribution is 9.10. The van der Waals surface area contributed by atoms with E-state index in [2.05, 4.69) is 15.9 Å². The van der Waals surface area contributed by atoms with Crippen molar-refractivity contribution < 1.29 is 18.7 Å². The molecule has 0 aliphatic heterocycles. The SMILES string of the molecule is CCOP(=O)(OCC)[C@@](C)(O)c1cccc(Br)c1. The molecule has 1 aromatic rings. The lowest BCUT2D eigenvalue weighted by atomic mass is 10.1. The van der Waals surface area contributed by atoms with Crippen molar-refractivity contribution in [3.8, 4) is 0 Å². The van der Waals surface area contributed by atoms with E-state index in [-0.39, 0.29) is 13.2 Å². The molecule has 0 saturated carbocycles. The quantitative estimate of drug-likeness (QED) is 0.801. The van der Waals surface area contributed by atoms with E-state index in [9.17, 15) is 9.67 Å². The molecule has 6 heteroatoms. The number of halogens is 1. The lowest BCUT2D eigenvalue weighted by molar-refractivity contribution is 0.0802. The van der Waals surface area contributed by atoms with Gasteiger partial charge in [0.1, 0.15) is 0 Å². The highest BCUT2D eigenvalue weighted by Gasteiger charge is 2.47. The molecule has 1 rings (SSSR count). The molecule has 102 valence electrons. The summed E-state index contributed by atoms with van der Waals surface area (Å²) in [4.78, 5) is 0. The van der Waals surface area contributed by atoms with E-state index in [1.807, 2.05) is 6.07 Å². The summed E-state index contributed by atoms with van der Waals surface area (Å²) in [5.74, 6) is 0. The Morgan fingerprint density at radius 1 is 1.33 bits per heavy atom. The van der Waals surface area contributed by atoms with Crippen molar-refractivity contribution in [3.63, 3.8) is 0 Å². The van der Waals surface area contributed by atoms with Crippen molar-refractivity contribution in [1.82, 2.24) is 0 Å². The average Bonchev–Trinajstić information content (AvgIpc) is 2.29. The normalized spacial score (nSPS) is 15.4. The Morgan fingerprint density at radius 3 is 2.33 bits per heavy atom. The summed E-state index contributed by atoms with van der Waals surface area (Å²) >= 11 is 3.32. The minimum atomic E-state index is -3.63. The number of hydrogen-bond acceptors (Lipinski definition) is 4. The Morgan fingerprint density at radius 2 is 1.89 bits per heavy atom. The molecule has 0 aromatic heterocycles. The fraction of sp³-hybridized carbons (Fsp3) is 0.500. The molecule has 0 saturated heterocycles. The fourth-order valence-corrected chi connectivity index (χ4v) is 3.68. The third kappa shape index (κ3) is 3.22. The molecule has 0 spiro atoms. The zero-order valence-electron chi connectivity index (χ0n) is 10.7. The molecule has 0 bridgehead atoms. The van der Waals surface area contributed by atoms with Crippen LogP contribution in [0.1, 0.15) is 26.3 Å². The van der Waals surface area contributed by atoms with Gasteiger partial charge in [0.25, 0.3) is 0 Å². The van der Waals surface area contributed by atoms with Crippen LogP contribution in [0.15, 0.2) is 28.7 Å². The van der Waals surface area contributed by atoms with Gasteiger partial charge in [0.05, 0.1) is 13.2 Å². The third-order valence-electron chi connectivity index (χ3n) is 2.50. The second-order valence-electron chi connectivity index (χ2n) is 3.86. The first-order chi connectivity index (χ1) is 8.37. The van der Waals surface area contributed by atoms with Gasteiger partial charge in [0, 0.05) is 4.47 Å². The summed E-state index contributed by atoms with van der Waals surface area (Å²) in [5, 5.41) is 8.88. The second-order valence-corrected chi connectivity index (χ2v) is 7.16. The minimum absolute atomic E-state index is 0.210. The highest BCUT2D eigenvalue weighted by Crippen LogP contribution is 2.63. The van der Waals surface area contributed by atoms with Gasteiger partial charge in [-0.3, -0.25) is 4.57 Å². The topological polar surface area (TPSA) is 55.8 Å². The Labute approximate surface area is 116 Å². The van der Waals surface area contributed by atoms with Crippen molar-refractivity contribution in [3.05, 3.63) is 34.3 Å². The molecular formula is C12H18BrO4P. The van der Waals surface area contributed by atoms with Crippen molar-refractivity contribution in [2.75, 3.05) is 13.2 Å². The summed E-state index contributed by atoms with van der Waals surface area (Å²) in [6.07, 6.45) is 0. The van der Waals surface area contributed by atoms with Gasteiger partial charge >= 0.3 is 7.60 Å². The Balaban J connectivity index is 3.20. The van der Waals surface area contributed by atoms with Crippen LogP contribution in [0.3, 0.4) is 0 Å². The predicted octanol–water partition coefficient (Wildman–Crippen LogP) is 3.88. The van der Waals surface area contributed by atoms with Crippen LogP contribution < -0.4 is 0 Å². The third-order valence-corrected chi connectivity index (χ3v) is 5.52. The predicted molar refractivity (Wildman–Crippen MR) is 74.6 cm³/mol. The molecule has 0 aliphatic carbocycles. The van der Waals surface area contributed by atoms with Crippen LogP contribution in [-0.2, 0) is 19.0 Å². The smallest absolute Gasteiger partial charge is 0.366 e. The molecule has 1 N–H and O–H groups in total. The van der Waals surface area contributed by atoms with E-state index < -0.39 is 12.9 Å². The Kier molecular flexibility index (Phi) is 5.56. The van der Waals surface area contributed by atoms with Gasteiger partial charge in [-0.05, 0) is 38.5 Å². The van der Waals surface area contributed by atoms with Crippen molar-refractivity contribution in [2.45, 2.75) is 26.1 Å². The Hall–Kier alpha value is -0.190. The molecule has 18 heavy (non-hydrogen) atoms. The maximum Gasteiger partial charge on any atom is 0.366 e. The summed E-state index contributed by atoms with van der Waals surface area (Å²) in [5.41, 5.74) is 0.488. The summed E-state index contributed by atoms with van der Waals surface area (Å²) in [6.45, 7) is 5.29. The lowest BCUT2D eigenvalue weighted by Crippen LogP contribution is -2.24. The van der Waals surface area contributed by atoms with Crippen molar-refractivity contribution in [2.24, 2.45) is 0 Å². The molecule has 0 radical (unpaired) electrons. The molecule has 0 fully saturated rings. The monoisotopic (exact) mass is 336 g/mol. The van der Waals surface area contributed by atoms with Crippen LogP contribution in [0.4, 0.5) is 0 Å². The molecular weight excluding hydrogens is 319 g/mol. The number of hydrogen-bond donors (Lipinski definition) is 1. The molecule has 0 aliphatic rings. The summed E-state index contributed by atoms with van der Waals surface area (Å²) < 4.78 is 23.8. The van der Waals surface area contributed by atoms with Crippen LogP contribution in [-0.4, -0.2) is 18.3 Å². The zero-order chi connectivity index (χ0) is 13.8. The van der Waals surface area contributed by atoms with Gasteiger partial charge in [0.2, 0.25) is 0 Å². The molecule has 1 aromatic carbocycles. The van der Waals surface area contributed by atoms with E-state index in [4.69, 9.17) is 9.05 Å². The van der Waals surface area contributed by atoms with E-state index >= 15 is 0 Å². The van der Waals surface area contributed by atoms with E-state index in [0.29, 0.717) is 5.56 Å². The maximum atomic E-state index is 12.6. The average molecular weight is 337 g/mol. The van der Waals surface area contributed by atoms with Crippen LogP contribution >= 0.6 is 23.5 Å². The highest BCUT2D eigenvalue weighted by atomic mass is 79.9. The van der Waals surface area contributed by atoms with E-state index in [1.54, 1.807) is 32.0 Å². The standard InChI is InChI=1S/C12H18BrO4P/c1-4-16-18(15,17-5-2)12(3,14)10-7-6-8-11(13)9-10/h6-9,14H,4-5H2,1-3H3/t12-/m1/s1. The molecule has 0 unspecified atom stereocenters. The van der Waals surface area contributed by atoms with Gasteiger partial charge < -0.3 is 14.2 Å². The summed E-state index contributed by atoms with van der Waals surface area (Å²) in [6, 6.07) is 6.97. The number of aliphatic hydroxyl groups is 1. The van der Waals surface area contributed by atoms with Crippen LogP contribution in [0, 0.1) is 0 Å². The minimum Gasteiger partial charge on any atom is -0.373 e. The molecule has 1 atom stereocenters. The van der Waals surface area contributed by atoms with Crippen LogP contribution in [0.25, 0.3) is 0 Å². The van der Waals surface area contributed by atoms with Gasteiger partial charge in [0.15, 0.2) is 5.34 Å². The zero-order valence-corrected chi connectivity index (χ0v) is 13.2. The molecule has 4 nitrogen and oxygen atoms in total. The largest absolute Gasteiger partial charge is 0.373 e. The van der Waals surface area contributed by atoms with Gasteiger partial charge in [-0.15, -0.1) is 0 Å². The second kappa shape index (κ2) is 6.31. The van der Waals surface area contributed by atoms with Crippen LogP contribution in [0.5, 0.6) is 0 Å². The lowest BCUT2D eigenvalue weighted by Gasteiger charge is -2.31. The maximum absolute atomic E-state index is 12.6. The van der Waals surface area contributed by atoms with Gasteiger partial charge in [-0.1, -0.05) is 28.1 Å². The number of benzene rings is 1. The van der Waals surface area contributed by atoms with Crippen LogP contribution in [0.2, 0.25) is 0 Å². The summed E-state index contributed by atoms with van der Waals surface area (Å²) in [7, 11) is -3.63. The first-order valence-electron chi connectivity index (χ1n) is 5.75. The van der Waals surface area contributed by atoms with Crippen molar-refractivity contribution >= 4 is 23.5 Å². The first-order valence-corrected chi connectivity index (χ1v) is 8.08. The fourth-order valence-electron chi connectivity index (χ4n) is 1.57. The number of rotatable bonds is 6. The van der Waals surface area contributed by atoms with E-state index in [0.717, 1.165) is 4.47 Å². The molecule has 0 amide bonds.